The fraction of sp³-hybridized carbons (Fsp3) is 0.500. The average Bonchev–Trinajstić information content (AvgIpc) is 1.81. The van der Waals surface area contributed by atoms with E-state index in [0.29, 0.717) is 5.70 Å². The van der Waals surface area contributed by atoms with E-state index in [9.17, 15) is 4.79 Å². The second kappa shape index (κ2) is 3.91. The Morgan fingerprint density at radius 1 is 1.18 bits per heavy atom. The van der Waals surface area contributed by atoms with Gasteiger partial charge in [0.15, 0.2) is 0 Å². The fourth-order valence-corrected chi connectivity index (χ4v) is 0.637. The molecular weight excluding hydrogens is 140 g/mol. The van der Waals surface area contributed by atoms with Crippen LogP contribution < -0.4 is 5.73 Å². The minimum Gasteiger partial charge on any atom is -0.364 e. The van der Waals surface area contributed by atoms with Crippen LogP contribution in [0.3, 0.4) is 0 Å². The van der Waals surface area contributed by atoms with Crippen molar-refractivity contribution in [3.05, 3.63) is 11.3 Å². The lowest BCUT2D eigenvalue weighted by Gasteiger charge is -1.98. The maximum absolute atomic E-state index is 10.7. The molecule has 0 saturated heterocycles. The second-order valence-electron chi connectivity index (χ2n) is 2.77. The molecule has 0 aliphatic heterocycles. The molecule has 11 heavy (non-hydrogen) atoms. The molecule has 0 rings (SSSR count). The van der Waals surface area contributed by atoms with Crippen LogP contribution in [0.15, 0.2) is 16.3 Å². The lowest BCUT2D eigenvalue weighted by atomic mass is 10.2. The number of nitrogens with zero attached hydrogens (tertiary/aromatic N) is 1. The first-order valence-electron chi connectivity index (χ1n) is 3.44. The van der Waals surface area contributed by atoms with Crippen molar-refractivity contribution in [2.45, 2.75) is 27.7 Å². The van der Waals surface area contributed by atoms with Gasteiger partial charge in [0.2, 0.25) is 0 Å². The Hall–Kier alpha value is -1.12. The SMILES string of the molecule is CC(C)=NC(C(N)=O)=C(C)C. The highest BCUT2D eigenvalue weighted by Crippen LogP contribution is 2.04. The number of hydrogen-bond donors (Lipinski definition) is 1. The number of rotatable bonds is 2. The molecular formula is C8H14N2O. The Labute approximate surface area is 67.0 Å². The van der Waals surface area contributed by atoms with Crippen molar-refractivity contribution in [1.82, 2.24) is 0 Å². The predicted molar refractivity (Wildman–Crippen MR) is 46.4 cm³/mol. The lowest BCUT2D eigenvalue weighted by molar-refractivity contribution is -0.114. The van der Waals surface area contributed by atoms with E-state index in [1.54, 1.807) is 0 Å². The van der Waals surface area contributed by atoms with Crippen molar-refractivity contribution in [3.8, 4) is 0 Å². The van der Waals surface area contributed by atoms with Crippen LogP contribution >= 0.6 is 0 Å². The quantitative estimate of drug-likeness (QED) is 0.472. The number of nitrogens with two attached hydrogens (primary N) is 1. The Kier molecular flexibility index (Phi) is 3.51. The third-order valence-electron chi connectivity index (χ3n) is 1.04. The zero-order chi connectivity index (χ0) is 9.02. The molecule has 0 spiro atoms. The standard InChI is InChI=1S/C8H14N2O/c1-5(2)7(8(9)11)10-6(3)4/h1-4H3,(H2,9,11). The molecule has 0 aromatic carbocycles. The van der Waals surface area contributed by atoms with Crippen molar-refractivity contribution in [2.24, 2.45) is 10.7 Å². The molecule has 2 N–H and O–H groups in total. The van der Waals surface area contributed by atoms with Gasteiger partial charge < -0.3 is 5.73 Å². The van der Waals surface area contributed by atoms with Crippen LogP contribution in [0.4, 0.5) is 0 Å². The lowest BCUT2D eigenvalue weighted by Crippen LogP contribution is -2.14. The third-order valence-corrected chi connectivity index (χ3v) is 1.04. The van der Waals surface area contributed by atoms with Gasteiger partial charge in [-0.25, -0.2) is 0 Å². The van der Waals surface area contributed by atoms with E-state index in [1.807, 2.05) is 27.7 Å². The van der Waals surface area contributed by atoms with Crippen LogP contribution in [0.2, 0.25) is 0 Å². The molecule has 0 atom stereocenters. The van der Waals surface area contributed by atoms with Crippen LogP contribution in [-0.4, -0.2) is 11.6 Å². The van der Waals surface area contributed by atoms with Gasteiger partial charge in [-0.3, -0.25) is 9.79 Å². The van der Waals surface area contributed by atoms with Gasteiger partial charge in [-0.1, -0.05) is 0 Å². The van der Waals surface area contributed by atoms with Crippen molar-refractivity contribution in [2.75, 3.05) is 0 Å². The Balaban J connectivity index is 4.81. The minimum absolute atomic E-state index is 0.366. The van der Waals surface area contributed by atoms with E-state index < -0.39 is 5.91 Å². The first-order chi connectivity index (χ1) is 4.95. The Bertz CT molecular complexity index is 218. The zero-order valence-electron chi connectivity index (χ0n) is 7.43. The molecule has 3 nitrogen and oxygen atoms in total. The number of hydrogen-bond acceptors (Lipinski definition) is 2. The molecule has 0 radical (unpaired) electrons. The third kappa shape index (κ3) is 3.55. The normalized spacial score (nSPS) is 8.73. The van der Waals surface area contributed by atoms with Crippen LogP contribution in [0.1, 0.15) is 27.7 Å². The summed E-state index contributed by atoms with van der Waals surface area (Å²) >= 11 is 0. The van der Waals surface area contributed by atoms with E-state index in [2.05, 4.69) is 4.99 Å². The van der Waals surface area contributed by atoms with Crippen molar-refractivity contribution < 1.29 is 4.79 Å². The number of aliphatic imine (C=N–C) groups is 1. The number of carbonyl (C=O) groups excluding carboxylic acids is 1. The summed E-state index contributed by atoms with van der Waals surface area (Å²) in [6.07, 6.45) is 0. The van der Waals surface area contributed by atoms with Gasteiger partial charge in [-0.2, -0.15) is 0 Å². The second-order valence-corrected chi connectivity index (χ2v) is 2.77. The first-order valence-corrected chi connectivity index (χ1v) is 3.44. The summed E-state index contributed by atoms with van der Waals surface area (Å²) in [5.74, 6) is -0.466. The van der Waals surface area contributed by atoms with Crippen LogP contribution in [0.25, 0.3) is 0 Å². The van der Waals surface area contributed by atoms with E-state index >= 15 is 0 Å². The van der Waals surface area contributed by atoms with Gasteiger partial charge in [-0.05, 0) is 33.3 Å². The highest BCUT2D eigenvalue weighted by molar-refractivity contribution is 5.95. The minimum atomic E-state index is -0.466. The van der Waals surface area contributed by atoms with Crippen LogP contribution in [-0.2, 0) is 4.79 Å². The van der Waals surface area contributed by atoms with Crippen molar-refractivity contribution >= 4 is 11.6 Å². The molecule has 1 amide bonds. The number of amides is 1. The predicted octanol–water partition coefficient (Wildman–Crippen LogP) is 1.25. The summed E-state index contributed by atoms with van der Waals surface area (Å²) < 4.78 is 0. The van der Waals surface area contributed by atoms with Gasteiger partial charge in [0.1, 0.15) is 5.70 Å². The smallest absolute Gasteiger partial charge is 0.267 e. The Morgan fingerprint density at radius 3 is 1.73 bits per heavy atom. The van der Waals surface area contributed by atoms with Gasteiger partial charge in [0, 0.05) is 5.71 Å². The highest BCUT2D eigenvalue weighted by Gasteiger charge is 2.03. The monoisotopic (exact) mass is 154 g/mol. The topological polar surface area (TPSA) is 55.4 Å². The first kappa shape index (κ1) is 9.88. The van der Waals surface area contributed by atoms with E-state index in [-0.39, 0.29) is 0 Å². The van der Waals surface area contributed by atoms with Crippen LogP contribution in [0, 0.1) is 0 Å². The fourth-order valence-electron chi connectivity index (χ4n) is 0.637. The Morgan fingerprint density at radius 2 is 1.64 bits per heavy atom. The molecule has 0 aromatic heterocycles. The molecule has 0 unspecified atom stereocenters. The summed E-state index contributed by atoms with van der Waals surface area (Å²) in [5.41, 5.74) is 7.13. The van der Waals surface area contributed by atoms with Crippen molar-refractivity contribution in [1.29, 1.82) is 0 Å². The molecule has 0 aromatic rings. The summed E-state index contributed by atoms with van der Waals surface area (Å²) in [5, 5.41) is 0. The highest BCUT2D eigenvalue weighted by atomic mass is 16.1. The average molecular weight is 154 g/mol. The van der Waals surface area contributed by atoms with E-state index in [0.717, 1.165) is 11.3 Å². The van der Waals surface area contributed by atoms with Crippen LogP contribution in [0.5, 0.6) is 0 Å². The molecule has 0 aliphatic rings. The maximum Gasteiger partial charge on any atom is 0.267 e. The zero-order valence-corrected chi connectivity index (χ0v) is 7.43. The molecule has 3 heteroatoms. The summed E-state index contributed by atoms with van der Waals surface area (Å²) in [4.78, 5) is 14.7. The maximum atomic E-state index is 10.7. The van der Waals surface area contributed by atoms with Gasteiger partial charge >= 0.3 is 0 Å². The molecule has 0 heterocycles. The summed E-state index contributed by atoms with van der Waals surface area (Å²) in [6.45, 7) is 7.27. The van der Waals surface area contributed by atoms with Gasteiger partial charge in [0.25, 0.3) is 5.91 Å². The molecule has 0 bridgehead atoms. The van der Waals surface area contributed by atoms with Crippen molar-refractivity contribution in [3.63, 3.8) is 0 Å². The number of carbonyl (C=O) groups is 1. The summed E-state index contributed by atoms with van der Waals surface area (Å²) in [6, 6.07) is 0. The molecule has 0 aliphatic carbocycles. The number of primary amides is 1. The van der Waals surface area contributed by atoms with E-state index in [1.165, 1.54) is 0 Å². The number of allylic oxidation sites excluding steroid dienone is 1. The molecule has 0 saturated carbocycles. The van der Waals surface area contributed by atoms with Gasteiger partial charge in [-0.15, -0.1) is 0 Å². The largest absolute Gasteiger partial charge is 0.364 e. The molecule has 62 valence electrons. The summed E-state index contributed by atoms with van der Waals surface area (Å²) in [7, 11) is 0. The van der Waals surface area contributed by atoms with E-state index in [4.69, 9.17) is 5.73 Å². The molecule has 0 fully saturated rings. The van der Waals surface area contributed by atoms with Gasteiger partial charge in [0.05, 0.1) is 0 Å².